The number of urea groups is 1. The fourth-order valence-electron chi connectivity index (χ4n) is 13.3. The third-order valence-electron chi connectivity index (χ3n) is 18.4. The van der Waals surface area contributed by atoms with Gasteiger partial charge in [-0.1, -0.05) is 35.9 Å². The van der Waals surface area contributed by atoms with Crippen LogP contribution in [0.5, 0.6) is 0 Å². The van der Waals surface area contributed by atoms with Crippen molar-refractivity contribution in [2.75, 3.05) is 71.2 Å². The Morgan fingerprint density at radius 3 is 1.42 bits per heavy atom. The maximum absolute atomic E-state index is 13.5. The van der Waals surface area contributed by atoms with E-state index >= 15 is 0 Å². The Balaban J connectivity index is 0.000000151. The second kappa shape index (κ2) is 30.7. The summed E-state index contributed by atoms with van der Waals surface area (Å²) in [5.41, 5.74) is 12.9. The van der Waals surface area contributed by atoms with Crippen LogP contribution in [0.25, 0.3) is 59.9 Å². The molecule has 3 aromatic carbocycles. The Kier molecular flexibility index (Phi) is 22.1. The van der Waals surface area contributed by atoms with Gasteiger partial charge in [0.05, 0.1) is 113 Å². The Morgan fingerprint density at radius 2 is 1.00 bits per heavy atom. The summed E-state index contributed by atoms with van der Waals surface area (Å²) in [5.74, 6) is -0.687. The van der Waals surface area contributed by atoms with Crippen molar-refractivity contribution in [1.29, 1.82) is 0 Å². The van der Waals surface area contributed by atoms with Gasteiger partial charge in [-0.25, -0.2) is 28.0 Å². The fraction of sp³-hybridized carbons (Fsp3) is 0.352. The highest BCUT2D eigenvalue weighted by molar-refractivity contribution is 9.10. The van der Waals surface area contributed by atoms with Gasteiger partial charge in [-0.2, -0.15) is 0 Å². The Bertz CT molecular complexity index is 4780. The quantitative estimate of drug-likeness (QED) is 0.0284. The number of fused-ring (bicyclic) bond motifs is 3. The molecule has 4 aliphatic rings. The number of β-amino-alcohol motifs (C(OH)–C–C–N with tert-alkyl or cyclic N) is 1. The molecule has 0 radical (unpaired) electrons. The lowest BCUT2D eigenvalue weighted by atomic mass is 10.0. The highest BCUT2D eigenvalue weighted by atomic mass is 79.9. The van der Waals surface area contributed by atoms with Gasteiger partial charge in [0.25, 0.3) is 0 Å². The van der Waals surface area contributed by atoms with Crippen LogP contribution in [0.4, 0.5) is 16.2 Å². The van der Waals surface area contributed by atoms with E-state index in [1.165, 1.54) is 4.90 Å². The fourth-order valence-corrected chi connectivity index (χ4v) is 14.3. The predicted octanol–water partition coefficient (Wildman–Crippen LogP) is 8.29. The topological polar surface area (TPSA) is 314 Å². The number of benzene rings is 3. The number of nitrogens with two attached hydrogens (primary N) is 1. The van der Waals surface area contributed by atoms with Crippen molar-refractivity contribution in [3.05, 3.63) is 187 Å². The van der Waals surface area contributed by atoms with E-state index < -0.39 is 28.3 Å². The number of aliphatic hydroxyl groups is 4. The van der Waals surface area contributed by atoms with E-state index in [2.05, 4.69) is 55.7 Å². The maximum atomic E-state index is 13.5. The second-order valence-corrected chi connectivity index (χ2v) is 28.4. The van der Waals surface area contributed by atoms with E-state index in [1.54, 1.807) is 55.0 Å². The summed E-state index contributed by atoms with van der Waals surface area (Å²) in [4.78, 5) is 91.8. The number of carbonyl (C=O) groups is 5. The summed E-state index contributed by atoms with van der Waals surface area (Å²) >= 11 is 9.54. The third kappa shape index (κ3) is 16.4. The molecule has 3 amide bonds. The molecule has 0 spiro atoms. The van der Waals surface area contributed by atoms with Crippen molar-refractivity contribution in [3.8, 4) is 17.1 Å². The number of carbonyl (C=O) groups excluding carboxylic acids is 5. The number of aromatic nitrogens is 6. The molecule has 0 bridgehead atoms. The summed E-state index contributed by atoms with van der Waals surface area (Å²) in [6, 6.07) is 26.9. The van der Waals surface area contributed by atoms with Gasteiger partial charge >= 0.3 is 6.03 Å². The minimum absolute atomic E-state index is 0.0107. The number of sulfonamides is 1. The van der Waals surface area contributed by atoms with Gasteiger partial charge in [0.15, 0.2) is 28.7 Å². The molecule has 10 heterocycles. The molecule has 13 rings (SSSR count). The van der Waals surface area contributed by atoms with E-state index in [1.807, 2.05) is 94.0 Å². The number of nitrogens with zero attached hydrogens (tertiary/aromatic N) is 12. The number of likely N-dealkylation sites (tertiary alicyclic amines) is 3. The number of hydrogen-bond donors (Lipinski definition) is 6. The molecule has 7 N–H and O–H groups in total. The molecule has 514 valence electrons. The summed E-state index contributed by atoms with van der Waals surface area (Å²) in [7, 11) is -3.61. The summed E-state index contributed by atoms with van der Waals surface area (Å²) in [6.45, 7) is 24.4. The summed E-state index contributed by atoms with van der Waals surface area (Å²) in [6.07, 6.45) is 5.99. The van der Waals surface area contributed by atoms with Crippen molar-refractivity contribution in [3.63, 3.8) is 0 Å². The minimum atomic E-state index is -3.61. The number of amides is 3. The summed E-state index contributed by atoms with van der Waals surface area (Å²) < 4.78 is 29.5. The molecule has 9 aromatic rings. The molecule has 4 aliphatic heterocycles. The molecule has 25 nitrogen and oxygen atoms in total. The number of imide groups is 1. The van der Waals surface area contributed by atoms with Crippen LogP contribution in [0.1, 0.15) is 91.4 Å². The van der Waals surface area contributed by atoms with Gasteiger partial charge in [0.2, 0.25) is 15.9 Å². The number of piperidine rings is 3. The Hall–Kier alpha value is -8.94. The number of primary sulfonamides is 1. The van der Waals surface area contributed by atoms with Gasteiger partial charge in [0, 0.05) is 108 Å². The third-order valence-corrected chi connectivity index (χ3v) is 19.8. The van der Waals surface area contributed by atoms with E-state index in [0.29, 0.717) is 126 Å². The van der Waals surface area contributed by atoms with Crippen molar-refractivity contribution >= 4 is 111 Å². The standard InChI is InChI=1S/C26H26N6O4.C23H27ClN4O4S.C22H21BrN4O3/c1-16-24(22(34)14-30-9-7-20(33)8-10-30)25-21(32(16)19-5-3-18(27-2)4-6-19)11-17(12-28-25)13-31-15-23(35)29-26(31)36;1-15-22(21(30)14-27-9-6-19(29)7-10-27)23-20(28(15)18-4-2-17(24)3-5-18)12-16(13-26-23)8-11-33(25,31)32;1-13-21(20(30)12-26-8-7-18(28)19(29)11-26)22-17(9-14(23)10-25-22)27(13)16-5-3-15(24-2)4-6-16/h3-6,11-12,20,33H,7-10,13-15H2,1H3,(H,29,35,36);2-5,12-13,19,29H,6-11,14H2,1H3,(H2,25,31,32);3-6,9-10,18-19,28-29H,7-8,11-12H2,1H3/t;;18-,19+/m..0/s1. The van der Waals surface area contributed by atoms with Crippen molar-refractivity contribution in [2.45, 2.75) is 90.3 Å². The molecular weight excluding hydrogens is 1370 g/mol. The number of rotatable bonds is 17. The number of aliphatic hydroxyl groups excluding tert-OH is 4. The molecule has 2 atom stereocenters. The van der Waals surface area contributed by atoms with Gasteiger partial charge in [-0.3, -0.25) is 54.1 Å². The largest absolute Gasteiger partial charge is 0.393 e. The predicted molar refractivity (Wildman–Crippen MR) is 378 cm³/mol. The normalized spacial score (nSPS) is 17.4. The monoisotopic (exact) mass is 1440 g/mol. The highest BCUT2D eigenvalue weighted by Crippen LogP contribution is 2.35. The summed E-state index contributed by atoms with van der Waals surface area (Å²) in [5, 5.41) is 47.3. The lowest BCUT2D eigenvalue weighted by molar-refractivity contribution is -0.118. The minimum Gasteiger partial charge on any atom is -0.393 e. The van der Waals surface area contributed by atoms with E-state index in [-0.39, 0.29) is 86.9 Å². The van der Waals surface area contributed by atoms with Crippen molar-refractivity contribution in [1.82, 2.24) is 53.6 Å². The molecule has 0 aliphatic carbocycles. The lowest BCUT2D eigenvalue weighted by Crippen LogP contribution is -2.48. The number of ketones is 3. The average molecular weight is 1450 g/mol. The number of pyridine rings is 3. The van der Waals surface area contributed by atoms with Crippen LogP contribution in [0.2, 0.25) is 5.02 Å². The van der Waals surface area contributed by atoms with Crippen LogP contribution in [0.15, 0.2) is 114 Å². The zero-order chi connectivity index (χ0) is 70.6. The Morgan fingerprint density at radius 1 is 0.596 bits per heavy atom. The first-order valence-corrected chi connectivity index (χ1v) is 35.2. The van der Waals surface area contributed by atoms with Crippen LogP contribution in [0, 0.1) is 33.9 Å². The van der Waals surface area contributed by atoms with Crippen LogP contribution in [-0.4, -0.2) is 202 Å². The first-order chi connectivity index (χ1) is 47.3. The first-order valence-electron chi connectivity index (χ1n) is 32.3. The first kappa shape index (κ1) is 71.3. The molecule has 6 aromatic heterocycles. The number of aryl methyl sites for hydroxylation is 1. The molecule has 28 heteroatoms. The zero-order valence-electron chi connectivity index (χ0n) is 54.7. The average Bonchev–Trinajstić information content (AvgIpc) is 1.62. The molecule has 0 saturated carbocycles. The molecular formula is C71H74BrClN14O11S. The molecule has 99 heavy (non-hydrogen) atoms. The van der Waals surface area contributed by atoms with E-state index in [4.69, 9.17) is 29.9 Å². The lowest BCUT2D eigenvalue weighted by Gasteiger charge is -2.32. The van der Waals surface area contributed by atoms with Gasteiger partial charge in [-0.05, 0) is 153 Å². The highest BCUT2D eigenvalue weighted by Gasteiger charge is 2.33. The van der Waals surface area contributed by atoms with Crippen LogP contribution >= 0.6 is 27.5 Å². The maximum Gasteiger partial charge on any atom is 0.324 e. The van der Waals surface area contributed by atoms with Gasteiger partial charge < -0.3 is 39.0 Å². The molecule has 4 fully saturated rings. The number of halogens is 2. The second-order valence-electron chi connectivity index (χ2n) is 25.3. The number of nitrogens with one attached hydrogen (secondary N) is 1. The van der Waals surface area contributed by atoms with Crippen molar-refractivity contribution < 1.29 is 52.8 Å². The van der Waals surface area contributed by atoms with Crippen LogP contribution in [0.3, 0.4) is 0 Å². The van der Waals surface area contributed by atoms with E-state index in [9.17, 15) is 52.8 Å². The number of Topliss-reactive ketones (excluding diaryl/α,β-unsaturated/α-hetero) is 3. The molecule has 4 saturated heterocycles. The van der Waals surface area contributed by atoms with Crippen LogP contribution in [-0.2, 0) is 27.8 Å². The van der Waals surface area contributed by atoms with Gasteiger partial charge in [-0.15, -0.1) is 0 Å². The van der Waals surface area contributed by atoms with Crippen molar-refractivity contribution in [2.24, 2.45) is 5.14 Å². The Labute approximate surface area is 584 Å². The molecule has 0 unspecified atom stereocenters. The SMILES string of the molecule is Cc1c(C(=O)CN2CCC(O)CC2)c2ncc(CCS(N)(=O)=O)cc2n1-c1ccc(Cl)cc1.[C-]#[N+]c1ccc(-n2c(C)c(C(=O)CN3CCC(O)CC3)c3ncc(CN4CC(=O)NC4=O)cc32)cc1.[C-]#[N+]c1ccc(-n2c(C)c(C(=O)CN3CC[C@H](O)[C@H](O)C3)c3ncc(Br)cc32)cc1. The van der Waals surface area contributed by atoms with Gasteiger partial charge in [0.1, 0.15) is 6.54 Å². The van der Waals surface area contributed by atoms with E-state index in [0.717, 1.165) is 55.2 Å². The number of hydrogen-bond acceptors (Lipinski definition) is 17. The van der Waals surface area contributed by atoms with Crippen LogP contribution < -0.4 is 10.5 Å². The smallest absolute Gasteiger partial charge is 0.324 e. The zero-order valence-corrected chi connectivity index (χ0v) is 57.8.